The van der Waals surface area contributed by atoms with E-state index in [1.807, 2.05) is 0 Å². The van der Waals surface area contributed by atoms with E-state index in [1.54, 1.807) is 13.0 Å². The molecule has 0 unspecified atom stereocenters. The number of furan rings is 1. The molecular formula is C19H15F4N5O2. The number of aromatic nitrogens is 4. The Kier molecular flexibility index (Phi) is 5.02. The van der Waals surface area contributed by atoms with E-state index in [0.717, 1.165) is 6.07 Å². The van der Waals surface area contributed by atoms with Crippen LogP contribution in [0.15, 0.2) is 40.8 Å². The molecule has 0 spiro atoms. The van der Waals surface area contributed by atoms with Gasteiger partial charge in [-0.3, -0.25) is 0 Å². The molecule has 4 rings (SSSR count). The third-order valence-electron chi connectivity index (χ3n) is 4.32. The molecule has 0 amide bonds. The summed E-state index contributed by atoms with van der Waals surface area (Å²) in [4.78, 5) is 0. The maximum absolute atomic E-state index is 14.5. The summed E-state index contributed by atoms with van der Waals surface area (Å²) in [7, 11) is 0. The van der Waals surface area contributed by atoms with E-state index in [9.17, 15) is 17.6 Å². The molecule has 0 aliphatic rings. The molecule has 7 nitrogen and oxygen atoms in total. The van der Waals surface area contributed by atoms with Gasteiger partial charge in [-0.1, -0.05) is 0 Å². The summed E-state index contributed by atoms with van der Waals surface area (Å²) in [6.07, 6.45) is -4.58. The van der Waals surface area contributed by atoms with Crippen molar-refractivity contribution in [2.75, 3.05) is 11.9 Å². The molecule has 30 heavy (non-hydrogen) atoms. The van der Waals surface area contributed by atoms with Crippen molar-refractivity contribution in [3.8, 4) is 17.3 Å². The molecule has 0 atom stereocenters. The molecule has 156 valence electrons. The Balaban J connectivity index is 1.58. The number of H-pyrrole nitrogens is 1. The first-order chi connectivity index (χ1) is 14.3. The van der Waals surface area contributed by atoms with Crippen LogP contribution >= 0.6 is 0 Å². The fraction of sp³-hybridized carbons (Fsp3) is 0.211. The van der Waals surface area contributed by atoms with Gasteiger partial charge in [-0.2, -0.15) is 18.4 Å². The van der Waals surface area contributed by atoms with Crippen molar-refractivity contribution in [3.05, 3.63) is 53.3 Å². The van der Waals surface area contributed by atoms with E-state index in [1.165, 1.54) is 24.3 Å². The van der Waals surface area contributed by atoms with Crippen molar-refractivity contribution in [1.29, 1.82) is 0 Å². The molecule has 2 heterocycles. The van der Waals surface area contributed by atoms with Crippen molar-refractivity contribution >= 4 is 16.7 Å². The Hall–Kier alpha value is -3.63. The second-order valence-electron chi connectivity index (χ2n) is 6.32. The van der Waals surface area contributed by atoms with Gasteiger partial charge < -0.3 is 14.5 Å². The average molecular weight is 421 g/mol. The summed E-state index contributed by atoms with van der Waals surface area (Å²) in [5.41, 5.74) is -0.118. The van der Waals surface area contributed by atoms with E-state index in [-0.39, 0.29) is 36.0 Å². The summed E-state index contributed by atoms with van der Waals surface area (Å²) < 4.78 is 65.0. The maximum atomic E-state index is 14.5. The van der Waals surface area contributed by atoms with E-state index in [0.29, 0.717) is 16.7 Å². The fourth-order valence-electron chi connectivity index (χ4n) is 2.95. The molecule has 0 aliphatic heterocycles. The second-order valence-corrected chi connectivity index (χ2v) is 6.32. The third kappa shape index (κ3) is 3.91. The number of tetrazole rings is 1. The maximum Gasteiger partial charge on any atom is 0.420 e. The predicted octanol–water partition coefficient (Wildman–Crippen LogP) is 4.78. The topological polar surface area (TPSA) is 88.9 Å². The van der Waals surface area contributed by atoms with Crippen LogP contribution < -0.4 is 10.1 Å². The number of fused-ring (bicyclic) bond motifs is 1. The zero-order valence-electron chi connectivity index (χ0n) is 15.5. The quantitative estimate of drug-likeness (QED) is 0.436. The number of hydrogen-bond donors (Lipinski definition) is 2. The van der Waals surface area contributed by atoms with Gasteiger partial charge in [0.2, 0.25) is 5.82 Å². The summed E-state index contributed by atoms with van der Waals surface area (Å²) in [6, 6.07) is 7.93. The molecule has 4 aromatic rings. The summed E-state index contributed by atoms with van der Waals surface area (Å²) in [5, 5.41) is 16.6. The van der Waals surface area contributed by atoms with Gasteiger partial charge in [-0.15, -0.1) is 10.2 Å². The smallest absolute Gasteiger partial charge is 0.420 e. The van der Waals surface area contributed by atoms with Gasteiger partial charge in [0.25, 0.3) is 0 Å². The lowest BCUT2D eigenvalue weighted by atomic mass is 10.1. The third-order valence-corrected chi connectivity index (χ3v) is 4.32. The predicted molar refractivity (Wildman–Crippen MR) is 99.3 cm³/mol. The van der Waals surface area contributed by atoms with Crippen molar-refractivity contribution in [2.45, 2.75) is 19.6 Å². The first-order valence-corrected chi connectivity index (χ1v) is 8.89. The molecule has 0 aliphatic carbocycles. The Labute approximate surface area is 167 Å². The lowest BCUT2D eigenvalue weighted by molar-refractivity contribution is -0.138. The normalized spacial score (nSPS) is 11.8. The highest BCUT2D eigenvalue weighted by Crippen LogP contribution is 2.38. The molecule has 0 bridgehead atoms. The van der Waals surface area contributed by atoms with Crippen molar-refractivity contribution < 1.29 is 26.7 Å². The minimum Gasteiger partial charge on any atom is -0.493 e. The van der Waals surface area contributed by atoms with Crippen LogP contribution in [0.3, 0.4) is 0 Å². The zero-order chi connectivity index (χ0) is 21.3. The Morgan fingerprint density at radius 1 is 1.17 bits per heavy atom. The van der Waals surface area contributed by atoms with E-state index in [2.05, 4.69) is 25.9 Å². The Bertz CT molecular complexity index is 1170. The highest BCUT2D eigenvalue weighted by Gasteiger charge is 2.34. The van der Waals surface area contributed by atoms with Gasteiger partial charge in [0.05, 0.1) is 12.2 Å². The molecule has 2 N–H and O–H groups in total. The number of alkyl halides is 3. The number of benzene rings is 2. The first-order valence-electron chi connectivity index (χ1n) is 8.89. The molecule has 0 saturated carbocycles. The van der Waals surface area contributed by atoms with Crippen LogP contribution in [-0.2, 0) is 12.7 Å². The van der Waals surface area contributed by atoms with Crippen LogP contribution in [0, 0.1) is 5.82 Å². The second kappa shape index (κ2) is 7.65. The van der Waals surface area contributed by atoms with Crippen LogP contribution in [0.25, 0.3) is 22.6 Å². The van der Waals surface area contributed by atoms with Crippen molar-refractivity contribution in [3.63, 3.8) is 0 Å². The van der Waals surface area contributed by atoms with Gasteiger partial charge in [0.1, 0.15) is 17.1 Å². The SMILES string of the molecule is CCOc1ccc(NCc2cc3oc(-c4nn[nH]n4)cc3cc2F)cc1C(F)(F)F. The average Bonchev–Trinajstić information content (AvgIpc) is 3.35. The molecule has 0 saturated heterocycles. The molecule has 11 heteroatoms. The number of anilines is 1. The number of aromatic amines is 1. The van der Waals surface area contributed by atoms with Gasteiger partial charge >= 0.3 is 6.18 Å². The number of ether oxygens (including phenoxy) is 1. The van der Waals surface area contributed by atoms with Crippen LogP contribution in [0.2, 0.25) is 0 Å². The van der Waals surface area contributed by atoms with Gasteiger partial charge in [0, 0.05) is 23.2 Å². The fourth-order valence-corrected chi connectivity index (χ4v) is 2.95. The highest BCUT2D eigenvalue weighted by molar-refractivity contribution is 5.82. The van der Waals surface area contributed by atoms with Gasteiger partial charge in [-0.05, 0) is 48.5 Å². The van der Waals surface area contributed by atoms with E-state index < -0.39 is 17.6 Å². The number of hydrogen-bond acceptors (Lipinski definition) is 6. The summed E-state index contributed by atoms with van der Waals surface area (Å²) in [6.45, 7) is 1.66. The standard InChI is InChI=1S/C19H15F4N5O2/c1-2-29-15-4-3-12(8-13(15)19(21,22)23)24-9-11-7-16-10(5-14(11)20)6-17(30-16)18-25-27-28-26-18/h3-8,24H,2,9H2,1H3,(H,25,26,27,28). The van der Waals surface area contributed by atoms with Crippen molar-refractivity contribution in [2.24, 2.45) is 0 Å². The molecular weight excluding hydrogens is 406 g/mol. The molecule has 0 radical (unpaired) electrons. The summed E-state index contributed by atoms with van der Waals surface area (Å²) >= 11 is 0. The lowest BCUT2D eigenvalue weighted by Gasteiger charge is -2.15. The van der Waals surface area contributed by atoms with E-state index >= 15 is 0 Å². The number of nitrogens with one attached hydrogen (secondary N) is 2. The van der Waals surface area contributed by atoms with Crippen LogP contribution in [0.1, 0.15) is 18.1 Å². The summed E-state index contributed by atoms with van der Waals surface area (Å²) in [5.74, 6) is -0.255. The van der Waals surface area contributed by atoms with Crippen LogP contribution in [0.4, 0.5) is 23.2 Å². The number of rotatable bonds is 6. The largest absolute Gasteiger partial charge is 0.493 e. The molecule has 0 fully saturated rings. The minimum absolute atomic E-state index is 0.0503. The molecule has 2 aromatic carbocycles. The van der Waals surface area contributed by atoms with Crippen LogP contribution in [-0.4, -0.2) is 27.2 Å². The zero-order valence-corrected chi connectivity index (χ0v) is 15.5. The Morgan fingerprint density at radius 2 is 2.00 bits per heavy atom. The van der Waals surface area contributed by atoms with Crippen molar-refractivity contribution in [1.82, 2.24) is 20.6 Å². The van der Waals surface area contributed by atoms with Crippen LogP contribution in [0.5, 0.6) is 5.75 Å². The number of nitrogens with zero attached hydrogens (tertiary/aromatic N) is 3. The Morgan fingerprint density at radius 3 is 2.70 bits per heavy atom. The number of halogens is 4. The van der Waals surface area contributed by atoms with Gasteiger partial charge in [0.15, 0.2) is 5.76 Å². The first kappa shape index (κ1) is 19.7. The monoisotopic (exact) mass is 421 g/mol. The lowest BCUT2D eigenvalue weighted by Crippen LogP contribution is -2.10. The van der Waals surface area contributed by atoms with Gasteiger partial charge in [-0.25, -0.2) is 4.39 Å². The highest BCUT2D eigenvalue weighted by atomic mass is 19.4. The molecule has 2 aromatic heterocycles. The minimum atomic E-state index is -4.58. The van der Waals surface area contributed by atoms with E-state index in [4.69, 9.17) is 9.15 Å².